The lowest BCUT2D eigenvalue weighted by molar-refractivity contribution is 0.0937. The van der Waals surface area contributed by atoms with Crippen molar-refractivity contribution in [3.8, 4) is 0 Å². The van der Waals surface area contributed by atoms with E-state index in [4.69, 9.17) is 9.05 Å². The number of likely N-dealkylation sites (tertiary alicyclic amines) is 1. The molecule has 0 radical (unpaired) electrons. The van der Waals surface area contributed by atoms with Gasteiger partial charge < -0.3 is 14.4 Å². The smallest absolute Gasteiger partial charge is 0.292 e. The lowest BCUT2D eigenvalue weighted by Gasteiger charge is -2.18. The van der Waals surface area contributed by atoms with E-state index in [2.05, 4.69) is 30.5 Å². The van der Waals surface area contributed by atoms with Crippen molar-refractivity contribution in [3.63, 3.8) is 0 Å². The van der Waals surface area contributed by atoms with E-state index < -0.39 is 0 Å². The molecule has 25 heavy (non-hydrogen) atoms. The van der Waals surface area contributed by atoms with Crippen LogP contribution in [0, 0.1) is 0 Å². The van der Waals surface area contributed by atoms with Crippen LogP contribution in [0.2, 0.25) is 0 Å². The molecule has 3 fully saturated rings. The van der Waals surface area contributed by atoms with Crippen LogP contribution >= 0.6 is 0 Å². The highest BCUT2D eigenvalue weighted by Crippen LogP contribution is 2.38. The zero-order chi connectivity index (χ0) is 16.8. The topological polar surface area (TPSA) is 110 Å². The van der Waals surface area contributed by atoms with Crippen LogP contribution in [-0.4, -0.2) is 43.7 Å². The monoisotopic (exact) mass is 344 g/mol. The lowest BCUT2D eigenvalue weighted by atomic mass is 10.2. The fourth-order valence-electron chi connectivity index (χ4n) is 3.25. The summed E-state index contributed by atoms with van der Waals surface area (Å²) in [6, 6.07) is 0.266. The van der Waals surface area contributed by atoms with Gasteiger partial charge in [-0.25, -0.2) is 0 Å². The normalized spacial score (nSPS) is 23.9. The number of amides is 1. The number of hydrogen-bond donors (Lipinski definition) is 1. The van der Waals surface area contributed by atoms with Crippen LogP contribution in [0.1, 0.15) is 78.7 Å². The number of nitrogens with zero attached hydrogens (tertiary/aromatic N) is 5. The van der Waals surface area contributed by atoms with Gasteiger partial charge in [0.25, 0.3) is 11.7 Å². The van der Waals surface area contributed by atoms with Gasteiger partial charge in [0.1, 0.15) is 0 Å². The molecule has 1 atom stereocenters. The van der Waals surface area contributed by atoms with Gasteiger partial charge in [-0.3, -0.25) is 9.69 Å². The predicted octanol–water partition coefficient (Wildman–Crippen LogP) is 1.56. The minimum atomic E-state index is -0.256. The van der Waals surface area contributed by atoms with E-state index in [1.165, 1.54) is 0 Å². The molecule has 0 aromatic carbocycles. The summed E-state index contributed by atoms with van der Waals surface area (Å²) in [4.78, 5) is 23.0. The highest BCUT2D eigenvalue weighted by molar-refractivity contribution is 5.90. The molecule has 3 aliphatic rings. The molecule has 1 amide bonds. The van der Waals surface area contributed by atoms with Gasteiger partial charge in [-0.2, -0.15) is 9.97 Å². The average molecular weight is 344 g/mol. The standard InChI is InChI=1S/C16H20N6O3/c23-15(17-10-5-6-10)14-19-16(25-21-14)11-2-1-7-22(11)8-12-18-13(20-24-12)9-3-4-9/h9-11H,1-8H2,(H,17,23)/t11-/m0/s1. The fraction of sp³-hybridized carbons (Fsp3) is 0.688. The molecule has 9 nitrogen and oxygen atoms in total. The summed E-state index contributed by atoms with van der Waals surface area (Å²) < 4.78 is 10.7. The molecule has 1 N–H and O–H groups in total. The zero-order valence-electron chi connectivity index (χ0n) is 13.8. The molecule has 2 aromatic rings. The van der Waals surface area contributed by atoms with Gasteiger partial charge in [0, 0.05) is 12.0 Å². The Hall–Kier alpha value is -2.29. The molecule has 2 aromatic heterocycles. The molecule has 2 saturated carbocycles. The van der Waals surface area contributed by atoms with Crippen LogP contribution in [0.3, 0.4) is 0 Å². The van der Waals surface area contributed by atoms with Gasteiger partial charge >= 0.3 is 0 Å². The molecular formula is C16H20N6O3. The number of carbonyl (C=O) groups is 1. The van der Waals surface area contributed by atoms with Crippen molar-refractivity contribution in [1.29, 1.82) is 0 Å². The molecule has 0 unspecified atom stereocenters. The summed E-state index contributed by atoms with van der Waals surface area (Å²) in [5, 5.41) is 10.8. The van der Waals surface area contributed by atoms with Crippen LogP contribution in [-0.2, 0) is 6.54 Å². The zero-order valence-corrected chi connectivity index (χ0v) is 13.8. The highest BCUT2D eigenvalue weighted by Gasteiger charge is 2.34. The number of nitrogens with one attached hydrogen (secondary N) is 1. The van der Waals surface area contributed by atoms with Crippen LogP contribution in [0.5, 0.6) is 0 Å². The van der Waals surface area contributed by atoms with Crippen LogP contribution in [0.4, 0.5) is 0 Å². The maximum atomic E-state index is 12.0. The Kier molecular flexibility index (Phi) is 3.54. The van der Waals surface area contributed by atoms with Gasteiger partial charge in [0.15, 0.2) is 5.82 Å². The third-order valence-corrected chi connectivity index (χ3v) is 4.97. The second-order valence-electron chi connectivity index (χ2n) is 7.15. The summed E-state index contributed by atoms with van der Waals surface area (Å²) >= 11 is 0. The minimum Gasteiger partial charge on any atom is -0.346 e. The first-order chi connectivity index (χ1) is 12.3. The van der Waals surface area contributed by atoms with Gasteiger partial charge in [0.05, 0.1) is 12.6 Å². The SMILES string of the molecule is O=C(NC1CC1)c1noc([C@@H]2CCCN2Cc2nc(C3CC3)no2)n1. The third kappa shape index (κ3) is 3.15. The Morgan fingerprint density at radius 1 is 1.12 bits per heavy atom. The molecule has 3 heterocycles. The molecular weight excluding hydrogens is 324 g/mol. The van der Waals surface area contributed by atoms with Crippen LogP contribution in [0.25, 0.3) is 0 Å². The van der Waals surface area contributed by atoms with Crippen LogP contribution in [0.15, 0.2) is 9.05 Å². The summed E-state index contributed by atoms with van der Waals surface area (Å²) in [7, 11) is 0. The quantitative estimate of drug-likeness (QED) is 0.840. The van der Waals surface area contributed by atoms with E-state index in [-0.39, 0.29) is 23.8 Å². The first kappa shape index (κ1) is 15.0. The van der Waals surface area contributed by atoms with Gasteiger partial charge in [-0.15, -0.1) is 0 Å². The third-order valence-electron chi connectivity index (χ3n) is 4.97. The van der Waals surface area contributed by atoms with Gasteiger partial charge in [0.2, 0.25) is 11.8 Å². The van der Waals surface area contributed by atoms with Gasteiger partial charge in [-0.05, 0) is 45.1 Å². The van der Waals surface area contributed by atoms with Crippen LogP contribution < -0.4 is 5.32 Å². The number of rotatable bonds is 6. The van der Waals surface area contributed by atoms with E-state index in [0.717, 1.165) is 50.9 Å². The maximum Gasteiger partial charge on any atom is 0.292 e. The highest BCUT2D eigenvalue weighted by atomic mass is 16.5. The Labute approximate surface area is 144 Å². The van der Waals surface area contributed by atoms with Crippen molar-refractivity contribution in [2.45, 2.75) is 63.1 Å². The Morgan fingerprint density at radius 3 is 2.80 bits per heavy atom. The van der Waals surface area contributed by atoms with Crippen molar-refractivity contribution >= 4 is 5.91 Å². The molecule has 5 rings (SSSR count). The van der Waals surface area contributed by atoms with Crippen molar-refractivity contribution in [2.24, 2.45) is 0 Å². The Bertz CT molecular complexity index is 778. The molecule has 1 aliphatic heterocycles. The molecule has 9 heteroatoms. The maximum absolute atomic E-state index is 12.0. The molecule has 0 bridgehead atoms. The van der Waals surface area contributed by atoms with Crippen molar-refractivity contribution in [3.05, 3.63) is 23.4 Å². The van der Waals surface area contributed by atoms with Crippen molar-refractivity contribution in [2.75, 3.05) is 6.54 Å². The van der Waals surface area contributed by atoms with Crippen molar-refractivity contribution < 1.29 is 13.8 Å². The largest absolute Gasteiger partial charge is 0.346 e. The summed E-state index contributed by atoms with van der Waals surface area (Å²) in [6.07, 6.45) is 6.30. The summed E-state index contributed by atoms with van der Waals surface area (Å²) in [5.74, 6) is 2.27. The average Bonchev–Trinajstić information content (AvgIpc) is 3.46. The first-order valence-electron chi connectivity index (χ1n) is 8.97. The summed E-state index contributed by atoms with van der Waals surface area (Å²) in [5.41, 5.74) is 0. The van der Waals surface area contributed by atoms with E-state index in [1.54, 1.807) is 0 Å². The number of hydrogen-bond acceptors (Lipinski definition) is 8. The lowest BCUT2D eigenvalue weighted by Crippen LogP contribution is -2.27. The molecule has 2 aliphatic carbocycles. The minimum absolute atomic E-state index is 0.00810. The Balaban J connectivity index is 1.27. The van der Waals surface area contributed by atoms with Gasteiger partial charge in [-0.1, -0.05) is 10.3 Å². The first-order valence-corrected chi connectivity index (χ1v) is 8.97. The van der Waals surface area contributed by atoms with Crippen molar-refractivity contribution in [1.82, 2.24) is 30.5 Å². The van der Waals surface area contributed by atoms with E-state index in [0.29, 0.717) is 24.2 Å². The molecule has 1 saturated heterocycles. The number of aromatic nitrogens is 4. The van der Waals surface area contributed by atoms with E-state index in [9.17, 15) is 4.79 Å². The number of carbonyl (C=O) groups excluding carboxylic acids is 1. The second-order valence-corrected chi connectivity index (χ2v) is 7.15. The Morgan fingerprint density at radius 2 is 2.00 bits per heavy atom. The fourth-order valence-corrected chi connectivity index (χ4v) is 3.25. The molecule has 132 valence electrons. The summed E-state index contributed by atoms with van der Waals surface area (Å²) in [6.45, 7) is 1.47. The predicted molar refractivity (Wildman–Crippen MR) is 83.4 cm³/mol. The molecule has 0 spiro atoms. The van der Waals surface area contributed by atoms with E-state index >= 15 is 0 Å². The second kappa shape index (κ2) is 5.91. The van der Waals surface area contributed by atoms with E-state index in [1.807, 2.05) is 0 Å².